The Morgan fingerprint density at radius 2 is 1.57 bits per heavy atom. The van der Waals surface area contributed by atoms with Crippen LogP contribution in [-0.4, -0.2) is 29.5 Å². The lowest BCUT2D eigenvalue weighted by Gasteiger charge is -2.09. The van der Waals surface area contributed by atoms with Gasteiger partial charge < -0.3 is 0 Å². The minimum absolute atomic E-state index is 0.895. The maximum atomic E-state index is 4.92. The molecular weight excluding hydrogens is 348 g/mol. The topological polar surface area (TPSA) is 61.4 Å². The van der Waals surface area contributed by atoms with Gasteiger partial charge in [0.2, 0.25) is 0 Å². The molecule has 6 heteroatoms. The van der Waals surface area contributed by atoms with Gasteiger partial charge >= 0.3 is 0 Å². The first-order valence-electron chi connectivity index (χ1n) is 9.02. The summed E-state index contributed by atoms with van der Waals surface area (Å²) < 4.78 is 3.64. The highest BCUT2D eigenvalue weighted by Gasteiger charge is 2.10. The first-order chi connectivity index (χ1) is 13.7. The highest BCUT2D eigenvalue weighted by atomic mass is 15.3. The van der Waals surface area contributed by atoms with E-state index in [2.05, 4.69) is 45.5 Å². The van der Waals surface area contributed by atoms with Gasteiger partial charge in [0.15, 0.2) is 0 Å². The van der Waals surface area contributed by atoms with Gasteiger partial charge in [0.05, 0.1) is 23.1 Å². The number of hydrogen-bond acceptors (Lipinski definition) is 4. The number of benzene rings is 1. The highest BCUT2D eigenvalue weighted by Crippen LogP contribution is 2.30. The molecule has 0 fully saturated rings. The number of rotatable bonds is 3. The first kappa shape index (κ1) is 16.4. The summed E-state index contributed by atoms with van der Waals surface area (Å²) in [5.41, 5.74) is 7.14. The molecule has 0 saturated carbocycles. The maximum Gasteiger partial charge on any atom is 0.0890 e. The SMILES string of the molecule is Cn1cc(-c2ccc(-c3cncc4ccc(-c5ccnn5C)nc34)cc2)cn1. The van der Waals surface area contributed by atoms with E-state index in [4.69, 9.17) is 4.98 Å². The molecule has 1 aromatic carbocycles. The summed E-state index contributed by atoms with van der Waals surface area (Å²) in [5.74, 6) is 0. The van der Waals surface area contributed by atoms with Gasteiger partial charge in [0.25, 0.3) is 0 Å². The zero-order chi connectivity index (χ0) is 19.1. The van der Waals surface area contributed by atoms with Crippen molar-refractivity contribution in [3.8, 4) is 33.6 Å². The van der Waals surface area contributed by atoms with Crippen molar-refractivity contribution in [2.24, 2.45) is 14.1 Å². The van der Waals surface area contributed by atoms with Crippen LogP contribution >= 0.6 is 0 Å². The summed E-state index contributed by atoms with van der Waals surface area (Å²) in [6, 6.07) is 14.5. The second-order valence-electron chi connectivity index (χ2n) is 6.78. The fourth-order valence-corrected chi connectivity index (χ4v) is 3.43. The van der Waals surface area contributed by atoms with E-state index < -0.39 is 0 Å². The molecule has 0 saturated heterocycles. The van der Waals surface area contributed by atoms with Crippen molar-refractivity contribution in [2.75, 3.05) is 0 Å². The van der Waals surface area contributed by atoms with E-state index in [1.165, 1.54) is 0 Å². The number of nitrogens with zero attached hydrogens (tertiary/aromatic N) is 6. The molecule has 0 bridgehead atoms. The highest BCUT2D eigenvalue weighted by molar-refractivity contribution is 5.94. The van der Waals surface area contributed by atoms with E-state index in [9.17, 15) is 0 Å². The molecule has 5 rings (SSSR count). The van der Waals surface area contributed by atoms with Crippen LogP contribution in [0.15, 0.2) is 73.4 Å². The Hall–Kier alpha value is -3.80. The molecular formula is C22H18N6. The number of fused-ring (bicyclic) bond motifs is 1. The predicted octanol–water partition coefficient (Wildman–Crippen LogP) is 4.10. The standard InChI is InChI=1S/C22H18N6/c1-27-14-18(12-25-27)15-3-5-16(6-4-15)19-13-23-11-17-7-8-20(26-22(17)19)21-9-10-24-28(21)2/h3-14H,1-2H3. The van der Waals surface area contributed by atoms with Gasteiger partial charge in [0, 0.05) is 55.4 Å². The fraction of sp³-hybridized carbons (Fsp3) is 0.0909. The Morgan fingerprint density at radius 3 is 2.29 bits per heavy atom. The molecule has 0 aliphatic heterocycles. The molecule has 5 aromatic rings. The number of aryl methyl sites for hydroxylation is 2. The second-order valence-corrected chi connectivity index (χ2v) is 6.78. The normalized spacial score (nSPS) is 11.2. The minimum Gasteiger partial charge on any atom is -0.275 e. The molecule has 0 aliphatic rings. The van der Waals surface area contributed by atoms with Crippen LogP contribution < -0.4 is 0 Å². The third-order valence-electron chi connectivity index (χ3n) is 4.92. The molecule has 0 N–H and O–H groups in total. The monoisotopic (exact) mass is 366 g/mol. The van der Waals surface area contributed by atoms with Crippen molar-refractivity contribution in [3.63, 3.8) is 0 Å². The van der Waals surface area contributed by atoms with Crippen molar-refractivity contribution in [1.29, 1.82) is 0 Å². The Balaban J connectivity index is 1.61. The molecule has 136 valence electrons. The van der Waals surface area contributed by atoms with Crippen LogP contribution in [0.3, 0.4) is 0 Å². The number of hydrogen-bond donors (Lipinski definition) is 0. The van der Waals surface area contributed by atoms with E-state index in [0.717, 1.165) is 44.5 Å². The Kier molecular flexibility index (Phi) is 3.76. The van der Waals surface area contributed by atoms with Crippen LogP contribution in [-0.2, 0) is 14.1 Å². The van der Waals surface area contributed by atoms with E-state index in [1.54, 1.807) is 6.20 Å². The third kappa shape index (κ3) is 2.75. The van der Waals surface area contributed by atoms with Crippen LogP contribution in [0.5, 0.6) is 0 Å². The lowest BCUT2D eigenvalue weighted by molar-refractivity contribution is 0.768. The van der Waals surface area contributed by atoms with Crippen molar-refractivity contribution >= 4 is 10.9 Å². The average Bonchev–Trinajstić information content (AvgIpc) is 3.35. The van der Waals surface area contributed by atoms with Gasteiger partial charge in [-0.15, -0.1) is 0 Å². The second kappa shape index (κ2) is 6.42. The Morgan fingerprint density at radius 1 is 0.750 bits per heavy atom. The summed E-state index contributed by atoms with van der Waals surface area (Å²) >= 11 is 0. The molecule has 0 amide bonds. The molecule has 6 nitrogen and oxygen atoms in total. The zero-order valence-corrected chi connectivity index (χ0v) is 15.6. The molecule has 0 unspecified atom stereocenters. The van der Waals surface area contributed by atoms with E-state index >= 15 is 0 Å². The van der Waals surface area contributed by atoms with E-state index in [-0.39, 0.29) is 0 Å². The fourth-order valence-electron chi connectivity index (χ4n) is 3.43. The summed E-state index contributed by atoms with van der Waals surface area (Å²) in [6.07, 6.45) is 9.39. The van der Waals surface area contributed by atoms with Crippen LogP contribution in [0.2, 0.25) is 0 Å². The van der Waals surface area contributed by atoms with Gasteiger partial charge in [-0.25, -0.2) is 4.98 Å². The van der Waals surface area contributed by atoms with Crippen LogP contribution in [0.4, 0.5) is 0 Å². The first-order valence-corrected chi connectivity index (χ1v) is 9.02. The summed E-state index contributed by atoms with van der Waals surface area (Å²) in [6.45, 7) is 0. The quantitative estimate of drug-likeness (QED) is 0.482. The lowest BCUT2D eigenvalue weighted by Crippen LogP contribution is -1.96. The van der Waals surface area contributed by atoms with Crippen molar-refractivity contribution in [1.82, 2.24) is 29.5 Å². The van der Waals surface area contributed by atoms with Crippen LogP contribution in [0, 0.1) is 0 Å². The molecule has 0 spiro atoms. The molecule has 4 aromatic heterocycles. The molecule has 0 radical (unpaired) electrons. The number of pyridine rings is 2. The smallest absolute Gasteiger partial charge is 0.0890 e. The Labute approximate surface area is 162 Å². The van der Waals surface area contributed by atoms with Crippen LogP contribution in [0.1, 0.15) is 0 Å². The van der Waals surface area contributed by atoms with Crippen molar-refractivity contribution < 1.29 is 0 Å². The lowest BCUT2D eigenvalue weighted by atomic mass is 10.0. The molecule has 0 aliphatic carbocycles. The van der Waals surface area contributed by atoms with Gasteiger partial charge in [-0.1, -0.05) is 24.3 Å². The predicted molar refractivity (Wildman–Crippen MR) is 109 cm³/mol. The zero-order valence-electron chi connectivity index (χ0n) is 15.6. The van der Waals surface area contributed by atoms with Gasteiger partial charge in [-0.2, -0.15) is 10.2 Å². The Bertz CT molecular complexity index is 1280. The molecule has 28 heavy (non-hydrogen) atoms. The van der Waals surface area contributed by atoms with E-state index in [1.807, 2.05) is 60.4 Å². The van der Waals surface area contributed by atoms with Crippen molar-refractivity contribution in [3.05, 3.63) is 73.4 Å². The molecule has 0 atom stereocenters. The summed E-state index contributed by atoms with van der Waals surface area (Å²) in [7, 11) is 3.84. The summed E-state index contributed by atoms with van der Waals surface area (Å²) in [4.78, 5) is 9.34. The van der Waals surface area contributed by atoms with Crippen molar-refractivity contribution in [2.45, 2.75) is 0 Å². The minimum atomic E-state index is 0.895. The van der Waals surface area contributed by atoms with Gasteiger partial charge in [-0.3, -0.25) is 14.3 Å². The maximum absolute atomic E-state index is 4.92. The third-order valence-corrected chi connectivity index (χ3v) is 4.92. The average molecular weight is 366 g/mol. The largest absolute Gasteiger partial charge is 0.275 e. The number of aromatic nitrogens is 6. The summed E-state index contributed by atoms with van der Waals surface area (Å²) in [5, 5.41) is 9.51. The van der Waals surface area contributed by atoms with E-state index in [0.29, 0.717) is 0 Å². The molecule has 4 heterocycles. The van der Waals surface area contributed by atoms with Gasteiger partial charge in [0.1, 0.15) is 0 Å². The van der Waals surface area contributed by atoms with Gasteiger partial charge in [-0.05, 0) is 29.3 Å². The van der Waals surface area contributed by atoms with Crippen LogP contribution in [0.25, 0.3) is 44.5 Å².